The Hall–Kier alpha value is -1.60. The third kappa shape index (κ3) is 2.94. The maximum absolute atomic E-state index is 11.8. The molecule has 0 saturated heterocycles. The molecule has 6 nitrogen and oxygen atoms in total. The van der Waals surface area contributed by atoms with Gasteiger partial charge in [0.2, 0.25) is 5.91 Å². The van der Waals surface area contributed by atoms with Crippen LogP contribution in [-0.2, 0) is 21.4 Å². The van der Waals surface area contributed by atoms with Gasteiger partial charge in [-0.25, -0.2) is 0 Å². The summed E-state index contributed by atoms with van der Waals surface area (Å²) in [5.41, 5.74) is 2.98. The number of carbonyl (C=O) groups excluding carboxylic acids is 1. The first-order valence-electron chi connectivity index (χ1n) is 6.51. The molecule has 0 unspecified atom stereocenters. The van der Waals surface area contributed by atoms with Crippen LogP contribution >= 0.6 is 0 Å². The van der Waals surface area contributed by atoms with Crippen molar-refractivity contribution in [2.45, 2.75) is 26.7 Å². The van der Waals surface area contributed by atoms with E-state index in [1.807, 2.05) is 19.9 Å². The Morgan fingerprint density at radius 3 is 2.70 bits per heavy atom. The summed E-state index contributed by atoms with van der Waals surface area (Å²) in [7, 11) is -1.84. The largest absolute Gasteiger partial charge is 0.315 e. The molecule has 2 rings (SSSR count). The number of hydrogen-bond acceptors (Lipinski definition) is 3. The first kappa shape index (κ1) is 14.8. The molecule has 1 aliphatic heterocycles. The summed E-state index contributed by atoms with van der Waals surface area (Å²) in [6.07, 6.45) is 1.03. The number of likely N-dealkylation sites (N-methyl/N-ethyl adjacent to an activating group) is 1. The number of carbonyl (C=O) groups is 1. The third-order valence-electron chi connectivity index (χ3n) is 3.29. The molecule has 2 N–H and O–H groups in total. The third-order valence-corrected chi connectivity index (χ3v) is 4.36. The lowest BCUT2D eigenvalue weighted by Crippen LogP contribution is -2.30. The maximum Gasteiger partial charge on any atom is 0.299 e. The zero-order chi connectivity index (χ0) is 14.9. The second-order valence-electron chi connectivity index (χ2n) is 4.93. The van der Waals surface area contributed by atoms with Crippen LogP contribution in [0.4, 0.5) is 11.4 Å². The number of nitrogens with zero attached hydrogens (tertiary/aromatic N) is 1. The Balaban J connectivity index is 2.27. The molecule has 1 amide bonds. The van der Waals surface area contributed by atoms with Crippen molar-refractivity contribution in [3.8, 4) is 0 Å². The molecule has 7 heteroatoms. The molecule has 0 aromatic heterocycles. The van der Waals surface area contributed by atoms with Gasteiger partial charge in [0.05, 0.1) is 12.1 Å². The van der Waals surface area contributed by atoms with Gasteiger partial charge in [-0.2, -0.15) is 13.1 Å². The predicted molar refractivity (Wildman–Crippen MR) is 79.1 cm³/mol. The minimum Gasteiger partial charge on any atom is -0.315 e. The molecule has 0 spiro atoms. The topological polar surface area (TPSA) is 78.5 Å². The highest BCUT2D eigenvalue weighted by molar-refractivity contribution is 7.90. The van der Waals surface area contributed by atoms with Gasteiger partial charge in [-0.1, -0.05) is 6.92 Å². The van der Waals surface area contributed by atoms with Crippen LogP contribution in [-0.4, -0.2) is 27.9 Å². The molecular weight excluding hydrogens is 278 g/mol. The number of amides is 1. The number of nitrogens with one attached hydrogen (secondary N) is 2. The lowest BCUT2D eigenvalue weighted by Gasteiger charge is -2.15. The standard InChI is InChI=1S/C13H19N3O3S/c1-4-5-14-20(18,19)15-11-7-10-8-13(17)16(3)12(10)6-9(11)2/h6-7,14-15H,4-5,8H2,1-3H3. The van der Waals surface area contributed by atoms with Crippen molar-refractivity contribution in [1.82, 2.24) is 4.72 Å². The zero-order valence-corrected chi connectivity index (χ0v) is 12.7. The van der Waals surface area contributed by atoms with Gasteiger partial charge in [0.25, 0.3) is 10.2 Å². The molecule has 20 heavy (non-hydrogen) atoms. The van der Waals surface area contributed by atoms with E-state index in [9.17, 15) is 13.2 Å². The molecule has 0 fully saturated rings. The number of fused-ring (bicyclic) bond motifs is 1. The average Bonchev–Trinajstić information content (AvgIpc) is 2.63. The Labute approximate surface area is 119 Å². The molecule has 1 aromatic carbocycles. The summed E-state index contributed by atoms with van der Waals surface area (Å²) in [5.74, 6) is 0.0171. The fourth-order valence-electron chi connectivity index (χ4n) is 2.13. The first-order chi connectivity index (χ1) is 9.34. The number of hydrogen-bond donors (Lipinski definition) is 2. The second kappa shape index (κ2) is 5.41. The Bertz CT molecular complexity index is 641. The van der Waals surface area contributed by atoms with E-state index in [1.54, 1.807) is 18.0 Å². The fraction of sp³-hybridized carbons (Fsp3) is 0.462. The maximum atomic E-state index is 11.8. The molecule has 0 aliphatic carbocycles. The minimum absolute atomic E-state index is 0.0171. The zero-order valence-electron chi connectivity index (χ0n) is 11.9. The number of benzene rings is 1. The highest BCUT2D eigenvalue weighted by Gasteiger charge is 2.25. The molecule has 1 aliphatic rings. The van der Waals surface area contributed by atoms with Crippen molar-refractivity contribution in [3.05, 3.63) is 23.3 Å². The van der Waals surface area contributed by atoms with E-state index in [4.69, 9.17) is 0 Å². The van der Waals surface area contributed by atoms with Crippen LogP contribution in [0.15, 0.2) is 12.1 Å². The van der Waals surface area contributed by atoms with E-state index in [-0.39, 0.29) is 5.91 Å². The van der Waals surface area contributed by atoms with E-state index in [1.165, 1.54) is 0 Å². The first-order valence-corrected chi connectivity index (χ1v) is 8.00. The van der Waals surface area contributed by atoms with Crippen molar-refractivity contribution in [2.24, 2.45) is 0 Å². The molecule has 0 atom stereocenters. The Morgan fingerprint density at radius 2 is 2.05 bits per heavy atom. The summed E-state index contributed by atoms with van der Waals surface area (Å²) in [4.78, 5) is 13.2. The van der Waals surface area contributed by atoms with E-state index in [0.717, 1.165) is 23.2 Å². The molecule has 1 aromatic rings. The molecule has 1 heterocycles. The van der Waals surface area contributed by atoms with E-state index in [0.29, 0.717) is 18.7 Å². The van der Waals surface area contributed by atoms with Crippen LogP contribution in [0.25, 0.3) is 0 Å². The predicted octanol–water partition coefficient (Wildman–Crippen LogP) is 1.17. The summed E-state index contributed by atoms with van der Waals surface area (Å²) < 4.78 is 28.6. The summed E-state index contributed by atoms with van der Waals surface area (Å²) in [6, 6.07) is 3.56. The van der Waals surface area contributed by atoms with Gasteiger partial charge in [0, 0.05) is 19.3 Å². The molecule has 0 saturated carbocycles. The molecule has 0 bridgehead atoms. The van der Waals surface area contributed by atoms with Crippen molar-refractivity contribution >= 4 is 27.5 Å². The highest BCUT2D eigenvalue weighted by atomic mass is 32.2. The quantitative estimate of drug-likeness (QED) is 0.856. The van der Waals surface area contributed by atoms with Crippen molar-refractivity contribution in [1.29, 1.82) is 0 Å². The lowest BCUT2D eigenvalue weighted by molar-refractivity contribution is -0.117. The van der Waals surface area contributed by atoms with Crippen molar-refractivity contribution in [3.63, 3.8) is 0 Å². The van der Waals surface area contributed by atoms with Gasteiger partial charge >= 0.3 is 0 Å². The van der Waals surface area contributed by atoms with Crippen molar-refractivity contribution in [2.75, 3.05) is 23.2 Å². The van der Waals surface area contributed by atoms with E-state index in [2.05, 4.69) is 9.44 Å². The smallest absolute Gasteiger partial charge is 0.299 e. The molecular formula is C13H19N3O3S. The number of anilines is 2. The van der Waals surface area contributed by atoms with E-state index < -0.39 is 10.2 Å². The van der Waals surface area contributed by atoms with Gasteiger partial charge in [-0.3, -0.25) is 9.52 Å². The van der Waals surface area contributed by atoms with Gasteiger partial charge in [-0.05, 0) is 36.6 Å². The molecule has 0 radical (unpaired) electrons. The monoisotopic (exact) mass is 297 g/mol. The van der Waals surface area contributed by atoms with Crippen molar-refractivity contribution < 1.29 is 13.2 Å². The minimum atomic E-state index is -3.56. The lowest BCUT2D eigenvalue weighted by atomic mass is 10.1. The van der Waals surface area contributed by atoms with Crippen LogP contribution in [0.5, 0.6) is 0 Å². The van der Waals surface area contributed by atoms with Gasteiger partial charge < -0.3 is 4.90 Å². The summed E-state index contributed by atoms with van der Waals surface area (Å²) >= 11 is 0. The summed E-state index contributed by atoms with van der Waals surface area (Å²) in [6.45, 7) is 4.10. The molecule has 110 valence electrons. The van der Waals surface area contributed by atoms with Crippen LogP contribution in [0.2, 0.25) is 0 Å². The number of rotatable bonds is 5. The normalized spacial score (nSPS) is 14.6. The second-order valence-corrected chi connectivity index (χ2v) is 6.42. The fourth-order valence-corrected chi connectivity index (χ4v) is 3.19. The Morgan fingerprint density at radius 1 is 1.35 bits per heavy atom. The van der Waals surface area contributed by atoms with Crippen LogP contribution in [0.3, 0.4) is 0 Å². The van der Waals surface area contributed by atoms with Gasteiger partial charge in [0.1, 0.15) is 0 Å². The van der Waals surface area contributed by atoms with Gasteiger partial charge in [-0.15, -0.1) is 0 Å². The van der Waals surface area contributed by atoms with Crippen LogP contribution < -0.4 is 14.3 Å². The highest BCUT2D eigenvalue weighted by Crippen LogP contribution is 2.32. The number of aryl methyl sites for hydroxylation is 1. The van der Waals surface area contributed by atoms with Crippen LogP contribution in [0.1, 0.15) is 24.5 Å². The van der Waals surface area contributed by atoms with E-state index >= 15 is 0 Å². The SMILES string of the molecule is CCCNS(=O)(=O)Nc1cc2c(cc1C)N(C)C(=O)C2. The Kier molecular flexibility index (Phi) is 4.01. The van der Waals surface area contributed by atoms with Gasteiger partial charge in [0.15, 0.2) is 0 Å². The summed E-state index contributed by atoms with van der Waals surface area (Å²) in [5, 5.41) is 0. The van der Waals surface area contributed by atoms with Crippen LogP contribution in [0, 0.1) is 6.92 Å². The average molecular weight is 297 g/mol.